The molecule has 2 amide bonds. The second-order valence-corrected chi connectivity index (χ2v) is 7.50. The van der Waals surface area contributed by atoms with E-state index < -0.39 is 5.66 Å². The molecule has 6 heteroatoms. The zero-order valence-corrected chi connectivity index (χ0v) is 16.1. The molecule has 0 aromatic heterocycles. The van der Waals surface area contributed by atoms with E-state index in [4.69, 9.17) is 10.3 Å². The molecule has 0 unspecified atom stereocenters. The first-order valence-electron chi connectivity index (χ1n) is 9.89. The first kappa shape index (κ1) is 18.9. The van der Waals surface area contributed by atoms with Crippen molar-refractivity contribution in [3.63, 3.8) is 0 Å². The zero-order chi connectivity index (χ0) is 20.3. The van der Waals surface area contributed by atoms with E-state index in [0.717, 1.165) is 37.7 Å². The molecule has 0 atom stereocenters. The van der Waals surface area contributed by atoms with E-state index in [1.807, 2.05) is 30.3 Å². The number of nitrogens with zero attached hydrogens (tertiary/aromatic N) is 3. The number of nitrogens with one attached hydrogen (secondary N) is 1. The number of anilines is 1. The standard InChI is InChI=1S/C23H22N4O2/c24-15-17-8-7-11-19(14-17)25-20(28)16-27-22(29)21(18-9-3-1-4-10-18)26-23(27)12-5-2-6-13-23/h1,3-4,7-11,14H,2,5-6,12-13,16H2,(H,25,28). The lowest BCUT2D eigenvalue weighted by molar-refractivity contribution is -0.134. The lowest BCUT2D eigenvalue weighted by Crippen LogP contribution is -2.51. The fourth-order valence-corrected chi connectivity index (χ4v) is 4.15. The van der Waals surface area contributed by atoms with Crippen LogP contribution in [0.1, 0.15) is 43.2 Å². The fourth-order valence-electron chi connectivity index (χ4n) is 4.15. The summed E-state index contributed by atoms with van der Waals surface area (Å²) in [5.41, 5.74) is 1.60. The minimum Gasteiger partial charge on any atom is -0.325 e. The molecule has 2 aromatic carbocycles. The molecule has 1 saturated carbocycles. The summed E-state index contributed by atoms with van der Waals surface area (Å²) < 4.78 is 0. The van der Waals surface area contributed by atoms with Gasteiger partial charge in [0.05, 0.1) is 11.6 Å². The van der Waals surface area contributed by atoms with Crippen LogP contribution in [0.3, 0.4) is 0 Å². The topological polar surface area (TPSA) is 85.6 Å². The van der Waals surface area contributed by atoms with Crippen molar-refractivity contribution in [2.24, 2.45) is 4.99 Å². The monoisotopic (exact) mass is 386 g/mol. The first-order chi connectivity index (χ1) is 14.1. The molecule has 1 aliphatic heterocycles. The van der Waals surface area contributed by atoms with Crippen LogP contribution in [0.25, 0.3) is 0 Å². The summed E-state index contributed by atoms with van der Waals surface area (Å²) in [6.07, 6.45) is 4.63. The molecule has 1 fully saturated rings. The Morgan fingerprint density at radius 2 is 1.86 bits per heavy atom. The number of carbonyl (C=O) groups excluding carboxylic acids is 2. The Morgan fingerprint density at radius 1 is 1.10 bits per heavy atom. The van der Waals surface area contributed by atoms with Crippen molar-refractivity contribution in [3.05, 3.63) is 65.7 Å². The maximum absolute atomic E-state index is 13.2. The molecule has 146 valence electrons. The summed E-state index contributed by atoms with van der Waals surface area (Å²) in [4.78, 5) is 32.5. The van der Waals surface area contributed by atoms with Crippen LogP contribution in [0.5, 0.6) is 0 Å². The van der Waals surface area contributed by atoms with E-state index in [1.54, 1.807) is 29.2 Å². The summed E-state index contributed by atoms with van der Waals surface area (Å²) in [6.45, 7) is -0.0601. The molecule has 29 heavy (non-hydrogen) atoms. The Balaban J connectivity index is 1.57. The number of nitriles is 1. The van der Waals surface area contributed by atoms with Crippen LogP contribution >= 0.6 is 0 Å². The summed E-state index contributed by atoms with van der Waals surface area (Å²) >= 11 is 0. The quantitative estimate of drug-likeness (QED) is 0.873. The smallest absolute Gasteiger partial charge is 0.275 e. The number of amides is 2. The lowest BCUT2D eigenvalue weighted by Gasteiger charge is -2.38. The number of aliphatic imine (C=N–C) groups is 1. The van der Waals surface area contributed by atoms with Crippen LogP contribution in [0.15, 0.2) is 59.6 Å². The average Bonchev–Trinajstić information content (AvgIpc) is 3.01. The predicted octanol–water partition coefficient (Wildman–Crippen LogP) is 3.49. The van der Waals surface area contributed by atoms with Crippen molar-refractivity contribution in [1.29, 1.82) is 5.26 Å². The maximum Gasteiger partial charge on any atom is 0.275 e. The summed E-state index contributed by atoms with van der Waals surface area (Å²) in [5, 5.41) is 11.8. The summed E-state index contributed by atoms with van der Waals surface area (Å²) in [5.74, 6) is -0.484. The van der Waals surface area contributed by atoms with Gasteiger partial charge in [-0.1, -0.05) is 42.8 Å². The SMILES string of the molecule is N#Cc1cccc(NC(=O)CN2C(=O)C(c3ccccc3)=NC23CCCCC3)c1. The van der Waals surface area contributed by atoms with Gasteiger partial charge in [0.2, 0.25) is 5.91 Å². The Morgan fingerprint density at radius 3 is 2.59 bits per heavy atom. The first-order valence-corrected chi connectivity index (χ1v) is 9.89. The van der Waals surface area contributed by atoms with Crippen molar-refractivity contribution >= 4 is 23.2 Å². The molecule has 1 heterocycles. The van der Waals surface area contributed by atoms with Crippen molar-refractivity contribution < 1.29 is 9.59 Å². The number of hydrogen-bond donors (Lipinski definition) is 1. The Hall–Kier alpha value is -3.46. The second kappa shape index (κ2) is 7.88. The normalized spacial score (nSPS) is 17.7. The number of hydrogen-bond acceptors (Lipinski definition) is 4. The van der Waals surface area contributed by atoms with Crippen molar-refractivity contribution in [2.45, 2.75) is 37.8 Å². The van der Waals surface area contributed by atoms with Crippen molar-refractivity contribution in [1.82, 2.24) is 4.90 Å². The van der Waals surface area contributed by atoms with Gasteiger partial charge >= 0.3 is 0 Å². The van der Waals surface area contributed by atoms with Gasteiger partial charge in [0.25, 0.3) is 5.91 Å². The molecular formula is C23H22N4O2. The molecule has 1 N–H and O–H groups in total. The molecule has 0 radical (unpaired) electrons. The van der Waals surface area contributed by atoms with Gasteiger partial charge < -0.3 is 10.2 Å². The van der Waals surface area contributed by atoms with Gasteiger partial charge in [0.15, 0.2) is 0 Å². The molecule has 0 bridgehead atoms. The highest BCUT2D eigenvalue weighted by Crippen LogP contribution is 2.39. The van der Waals surface area contributed by atoms with Gasteiger partial charge in [-0.2, -0.15) is 5.26 Å². The van der Waals surface area contributed by atoms with E-state index in [-0.39, 0.29) is 18.4 Å². The molecule has 2 aromatic rings. The third-order valence-corrected chi connectivity index (χ3v) is 5.55. The van der Waals surface area contributed by atoms with Crippen molar-refractivity contribution in [3.8, 4) is 6.07 Å². The largest absolute Gasteiger partial charge is 0.325 e. The average molecular weight is 386 g/mol. The van der Waals surface area contributed by atoms with Gasteiger partial charge in [0, 0.05) is 11.3 Å². The number of rotatable bonds is 4. The van der Waals surface area contributed by atoms with E-state index >= 15 is 0 Å². The highest BCUT2D eigenvalue weighted by Gasteiger charge is 2.48. The number of carbonyl (C=O) groups is 2. The summed E-state index contributed by atoms with van der Waals surface area (Å²) in [6, 6.07) is 18.2. The molecule has 2 aliphatic rings. The van der Waals surface area contributed by atoms with Gasteiger partial charge in [-0.15, -0.1) is 0 Å². The van der Waals surface area contributed by atoms with Crippen molar-refractivity contribution in [2.75, 3.05) is 11.9 Å². The van der Waals surface area contributed by atoms with E-state index in [1.165, 1.54) is 0 Å². The maximum atomic E-state index is 13.2. The van der Waals surface area contributed by atoms with E-state index in [9.17, 15) is 9.59 Å². The highest BCUT2D eigenvalue weighted by atomic mass is 16.2. The second-order valence-electron chi connectivity index (χ2n) is 7.50. The summed E-state index contributed by atoms with van der Waals surface area (Å²) in [7, 11) is 0. The van der Waals surface area contributed by atoms with Crippen LogP contribution < -0.4 is 5.32 Å². The van der Waals surface area contributed by atoms with Gasteiger partial charge in [0.1, 0.15) is 17.9 Å². The molecular weight excluding hydrogens is 364 g/mol. The molecule has 1 spiro atoms. The Kier molecular flexibility index (Phi) is 5.13. The molecule has 0 saturated heterocycles. The Bertz CT molecular complexity index is 1000. The third-order valence-electron chi connectivity index (χ3n) is 5.55. The van der Waals surface area contributed by atoms with Crippen LogP contribution in [0.4, 0.5) is 5.69 Å². The Labute approximate surface area is 169 Å². The van der Waals surface area contributed by atoms with Gasteiger partial charge in [-0.25, -0.2) is 0 Å². The van der Waals surface area contributed by atoms with E-state index in [2.05, 4.69) is 11.4 Å². The van der Waals surface area contributed by atoms with Crippen LogP contribution in [0.2, 0.25) is 0 Å². The van der Waals surface area contributed by atoms with Gasteiger partial charge in [-0.05, 0) is 43.9 Å². The minimum absolute atomic E-state index is 0.0601. The third kappa shape index (κ3) is 3.77. The van der Waals surface area contributed by atoms with E-state index in [0.29, 0.717) is 17.0 Å². The fraction of sp³-hybridized carbons (Fsp3) is 0.304. The molecule has 1 aliphatic carbocycles. The number of benzene rings is 2. The minimum atomic E-state index is -0.633. The van der Waals surface area contributed by atoms with Crippen LogP contribution in [0, 0.1) is 11.3 Å². The van der Waals surface area contributed by atoms with Crippen LogP contribution in [-0.4, -0.2) is 34.6 Å². The van der Waals surface area contributed by atoms with Gasteiger partial charge in [-0.3, -0.25) is 14.6 Å². The lowest BCUT2D eigenvalue weighted by atomic mass is 9.88. The van der Waals surface area contributed by atoms with Crippen LogP contribution in [-0.2, 0) is 9.59 Å². The highest BCUT2D eigenvalue weighted by molar-refractivity contribution is 6.47. The molecule has 4 rings (SSSR count). The molecule has 6 nitrogen and oxygen atoms in total. The zero-order valence-electron chi connectivity index (χ0n) is 16.1. The predicted molar refractivity (Wildman–Crippen MR) is 110 cm³/mol.